The molecular formula is C14H21N3O. The Morgan fingerprint density at radius 2 is 2.17 bits per heavy atom. The van der Waals surface area contributed by atoms with Crippen molar-refractivity contribution >= 4 is 5.91 Å². The number of rotatable bonds is 5. The SMILES string of the molecule is NNC(=O)CCCN1CCC(c2ccccc2)C1. The van der Waals surface area contributed by atoms with Crippen molar-refractivity contribution in [2.45, 2.75) is 25.2 Å². The molecule has 1 saturated heterocycles. The highest BCUT2D eigenvalue weighted by Gasteiger charge is 2.23. The van der Waals surface area contributed by atoms with E-state index >= 15 is 0 Å². The molecular weight excluding hydrogens is 226 g/mol. The van der Waals surface area contributed by atoms with Crippen LogP contribution < -0.4 is 11.3 Å². The molecule has 3 N–H and O–H groups in total. The van der Waals surface area contributed by atoms with Crippen LogP contribution in [0.1, 0.15) is 30.7 Å². The van der Waals surface area contributed by atoms with Gasteiger partial charge in [0, 0.05) is 13.0 Å². The van der Waals surface area contributed by atoms with Crippen LogP contribution in [0.4, 0.5) is 0 Å². The second-order valence-corrected chi connectivity index (χ2v) is 4.87. The molecule has 1 aromatic carbocycles. The fraction of sp³-hybridized carbons (Fsp3) is 0.500. The van der Waals surface area contributed by atoms with Crippen molar-refractivity contribution in [2.24, 2.45) is 5.84 Å². The van der Waals surface area contributed by atoms with E-state index in [1.807, 2.05) is 0 Å². The number of carbonyl (C=O) groups is 1. The van der Waals surface area contributed by atoms with Crippen molar-refractivity contribution in [1.82, 2.24) is 10.3 Å². The predicted octanol–water partition coefficient (Wildman–Crippen LogP) is 1.25. The number of amides is 1. The number of nitrogens with zero attached hydrogens (tertiary/aromatic N) is 1. The molecule has 0 spiro atoms. The summed E-state index contributed by atoms with van der Waals surface area (Å²) in [6.45, 7) is 3.22. The molecule has 2 rings (SSSR count). The Labute approximate surface area is 108 Å². The Morgan fingerprint density at radius 1 is 1.39 bits per heavy atom. The second-order valence-electron chi connectivity index (χ2n) is 4.87. The third-order valence-corrected chi connectivity index (χ3v) is 3.58. The fourth-order valence-electron chi connectivity index (χ4n) is 2.57. The van der Waals surface area contributed by atoms with Gasteiger partial charge in [-0.1, -0.05) is 30.3 Å². The third kappa shape index (κ3) is 3.55. The van der Waals surface area contributed by atoms with Gasteiger partial charge in [-0.3, -0.25) is 10.2 Å². The lowest BCUT2D eigenvalue weighted by Crippen LogP contribution is -2.31. The summed E-state index contributed by atoms with van der Waals surface area (Å²) in [5.41, 5.74) is 3.60. The number of nitrogens with one attached hydrogen (secondary N) is 1. The number of likely N-dealkylation sites (tertiary alicyclic amines) is 1. The number of benzene rings is 1. The standard InChI is InChI=1S/C14H21N3O/c15-16-14(18)7-4-9-17-10-8-13(11-17)12-5-2-1-3-6-12/h1-3,5-6,13H,4,7-11,15H2,(H,16,18). The molecule has 1 aliphatic heterocycles. The summed E-state index contributed by atoms with van der Waals surface area (Å²) in [4.78, 5) is 13.4. The quantitative estimate of drug-likeness (QED) is 0.467. The van der Waals surface area contributed by atoms with Gasteiger partial charge in [-0.25, -0.2) is 5.84 Å². The van der Waals surface area contributed by atoms with E-state index in [2.05, 4.69) is 40.7 Å². The zero-order valence-corrected chi connectivity index (χ0v) is 10.6. The van der Waals surface area contributed by atoms with Gasteiger partial charge in [0.2, 0.25) is 5.91 Å². The van der Waals surface area contributed by atoms with E-state index in [0.717, 1.165) is 26.1 Å². The van der Waals surface area contributed by atoms with E-state index < -0.39 is 0 Å². The van der Waals surface area contributed by atoms with Crippen LogP contribution in [0.15, 0.2) is 30.3 Å². The summed E-state index contributed by atoms with van der Waals surface area (Å²) in [5, 5.41) is 0. The van der Waals surface area contributed by atoms with Crippen molar-refractivity contribution in [3.05, 3.63) is 35.9 Å². The lowest BCUT2D eigenvalue weighted by atomic mass is 9.99. The van der Waals surface area contributed by atoms with Crippen LogP contribution in [0.3, 0.4) is 0 Å². The van der Waals surface area contributed by atoms with Crippen molar-refractivity contribution in [2.75, 3.05) is 19.6 Å². The van der Waals surface area contributed by atoms with Gasteiger partial charge in [0.25, 0.3) is 0 Å². The van der Waals surface area contributed by atoms with Crippen LogP contribution in [0.5, 0.6) is 0 Å². The minimum absolute atomic E-state index is 0.0752. The number of hydrogen-bond acceptors (Lipinski definition) is 3. The fourth-order valence-corrected chi connectivity index (χ4v) is 2.57. The first-order valence-corrected chi connectivity index (χ1v) is 6.56. The molecule has 1 fully saturated rings. The minimum Gasteiger partial charge on any atom is -0.303 e. The van der Waals surface area contributed by atoms with Crippen LogP contribution in [0, 0.1) is 0 Å². The smallest absolute Gasteiger partial charge is 0.233 e. The van der Waals surface area contributed by atoms with Crippen molar-refractivity contribution in [3.63, 3.8) is 0 Å². The van der Waals surface area contributed by atoms with Crippen LogP contribution in [0.2, 0.25) is 0 Å². The molecule has 0 saturated carbocycles. The van der Waals surface area contributed by atoms with Gasteiger partial charge >= 0.3 is 0 Å². The first kappa shape index (κ1) is 13.1. The summed E-state index contributed by atoms with van der Waals surface area (Å²) in [6, 6.07) is 10.7. The summed E-state index contributed by atoms with van der Waals surface area (Å²) >= 11 is 0. The number of hydrogen-bond donors (Lipinski definition) is 2. The average Bonchev–Trinajstić information content (AvgIpc) is 2.88. The Kier molecular flexibility index (Phi) is 4.73. The summed E-state index contributed by atoms with van der Waals surface area (Å²) in [6.07, 6.45) is 2.61. The van der Waals surface area contributed by atoms with E-state index in [1.54, 1.807) is 0 Å². The van der Waals surface area contributed by atoms with Crippen molar-refractivity contribution in [3.8, 4) is 0 Å². The van der Waals surface area contributed by atoms with Gasteiger partial charge in [0.1, 0.15) is 0 Å². The number of nitrogens with two attached hydrogens (primary N) is 1. The minimum atomic E-state index is -0.0752. The lowest BCUT2D eigenvalue weighted by Gasteiger charge is -2.15. The monoisotopic (exact) mass is 247 g/mol. The molecule has 0 bridgehead atoms. The molecule has 0 aromatic heterocycles. The largest absolute Gasteiger partial charge is 0.303 e. The van der Waals surface area contributed by atoms with Gasteiger partial charge in [-0.2, -0.15) is 0 Å². The Morgan fingerprint density at radius 3 is 2.89 bits per heavy atom. The van der Waals surface area contributed by atoms with E-state index in [4.69, 9.17) is 5.84 Å². The summed E-state index contributed by atoms with van der Waals surface area (Å²) < 4.78 is 0. The number of hydrazine groups is 1. The molecule has 18 heavy (non-hydrogen) atoms. The molecule has 4 nitrogen and oxygen atoms in total. The lowest BCUT2D eigenvalue weighted by molar-refractivity contribution is -0.121. The van der Waals surface area contributed by atoms with E-state index in [1.165, 1.54) is 12.0 Å². The normalized spacial score (nSPS) is 19.9. The molecule has 1 aromatic rings. The van der Waals surface area contributed by atoms with Gasteiger partial charge in [-0.05, 0) is 37.4 Å². The molecule has 0 radical (unpaired) electrons. The van der Waals surface area contributed by atoms with Gasteiger partial charge < -0.3 is 4.90 Å². The summed E-state index contributed by atoms with van der Waals surface area (Å²) in [7, 11) is 0. The maximum atomic E-state index is 11.0. The molecule has 1 atom stereocenters. The molecule has 1 amide bonds. The molecule has 1 aliphatic rings. The van der Waals surface area contributed by atoms with E-state index in [-0.39, 0.29) is 5.91 Å². The topological polar surface area (TPSA) is 58.4 Å². The third-order valence-electron chi connectivity index (χ3n) is 3.58. The highest BCUT2D eigenvalue weighted by Crippen LogP contribution is 2.26. The molecule has 4 heteroatoms. The average molecular weight is 247 g/mol. The first-order chi connectivity index (χ1) is 8.79. The second kappa shape index (κ2) is 6.52. The molecule has 98 valence electrons. The van der Waals surface area contributed by atoms with E-state index in [0.29, 0.717) is 12.3 Å². The maximum Gasteiger partial charge on any atom is 0.233 e. The van der Waals surface area contributed by atoms with Gasteiger partial charge in [-0.15, -0.1) is 0 Å². The van der Waals surface area contributed by atoms with Gasteiger partial charge in [0.15, 0.2) is 0 Å². The zero-order chi connectivity index (χ0) is 12.8. The maximum absolute atomic E-state index is 11.0. The first-order valence-electron chi connectivity index (χ1n) is 6.56. The van der Waals surface area contributed by atoms with Crippen LogP contribution in [-0.4, -0.2) is 30.4 Å². The predicted molar refractivity (Wildman–Crippen MR) is 71.8 cm³/mol. The Bertz CT molecular complexity index is 380. The van der Waals surface area contributed by atoms with Crippen LogP contribution >= 0.6 is 0 Å². The zero-order valence-electron chi connectivity index (χ0n) is 10.6. The Hall–Kier alpha value is -1.39. The molecule has 0 aliphatic carbocycles. The highest BCUT2D eigenvalue weighted by atomic mass is 16.2. The van der Waals surface area contributed by atoms with Crippen molar-refractivity contribution in [1.29, 1.82) is 0 Å². The van der Waals surface area contributed by atoms with Crippen molar-refractivity contribution < 1.29 is 4.79 Å². The van der Waals surface area contributed by atoms with Crippen LogP contribution in [0.25, 0.3) is 0 Å². The van der Waals surface area contributed by atoms with Gasteiger partial charge in [0.05, 0.1) is 0 Å². The summed E-state index contributed by atoms with van der Waals surface area (Å²) in [5.74, 6) is 5.62. The number of carbonyl (C=O) groups excluding carboxylic acids is 1. The highest BCUT2D eigenvalue weighted by molar-refractivity contribution is 5.75. The molecule has 1 unspecified atom stereocenters. The molecule has 1 heterocycles. The Balaban J connectivity index is 1.74. The van der Waals surface area contributed by atoms with E-state index in [9.17, 15) is 4.79 Å². The van der Waals surface area contributed by atoms with Crippen LogP contribution in [-0.2, 0) is 4.79 Å².